The number of amides is 2. The van der Waals surface area contributed by atoms with Gasteiger partial charge in [-0.1, -0.05) is 23.7 Å². The highest BCUT2D eigenvalue weighted by molar-refractivity contribution is 6.31. The number of hydrogen-bond acceptors (Lipinski definition) is 5. The summed E-state index contributed by atoms with van der Waals surface area (Å²) < 4.78 is 5.72. The normalized spacial score (nSPS) is 15.1. The van der Waals surface area contributed by atoms with E-state index in [4.69, 9.17) is 16.3 Å². The van der Waals surface area contributed by atoms with Crippen LogP contribution in [0.25, 0.3) is 0 Å². The van der Waals surface area contributed by atoms with Crippen LogP contribution < -0.4 is 20.3 Å². The average molecular weight is 385 g/mol. The number of fused-ring (bicyclic) bond motifs is 1. The Kier molecular flexibility index (Phi) is 5.48. The van der Waals surface area contributed by atoms with E-state index in [2.05, 4.69) is 10.6 Å². The van der Waals surface area contributed by atoms with Crippen molar-refractivity contribution in [1.82, 2.24) is 5.32 Å². The minimum atomic E-state index is -0.724. The molecule has 1 atom stereocenters. The number of halogens is 1. The Labute approximate surface area is 161 Å². The number of ether oxygens (including phenoxy) is 1. The van der Waals surface area contributed by atoms with E-state index >= 15 is 0 Å². The Balaban J connectivity index is 1.80. The number of nitrogens with zero attached hydrogens (tertiary/aromatic N) is 2. The lowest BCUT2D eigenvalue weighted by atomic mass is 10.1. The Morgan fingerprint density at radius 1 is 1.33 bits per heavy atom. The summed E-state index contributed by atoms with van der Waals surface area (Å²) in [6.07, 6.45) is -0.724. The number of carbonyl (C=O) groups is 2. The van der Waals surface area contributed by atoms with E-state index in [1.807, 2.05) is 18.2 Å². The zero-order valence-corrected chi connectivity index (χ0v) is 15.3. The molecule has 1 heterocycles. The van der Waals surface area contributed by atoms with Crippen molar-refractivity contribution in [2.45, 2.75) is 6.10 Å². The molecule has 0 spiro atoms. The zero-order chi connectivity index (χ0) is 19.4. The van der Waals surface area contributed by atoms with E-state index in [1.165, 1.54) is 13.1 Å². The van der Waals surface area contributed by atoms with Crippen LogP contribution >= 0.6 is 11.6 Å². The van der Waals surface area contributed by atoms with Gasteiger partial charge in [0.05, 0.1) is 30.0 Å². The number of para-hydroxylation sites is 2. The number of hydrogen-bond donors (Lipinski definition) is 2. The first-order valence-corrected chi connectivity index (χ1v) is 8.61. The largest absolute Gasteiger partial charge is 0.477 e. The molecule has 0 aromatic heterocycles. The number of nitriles is 1. The van der Waals surface area contributed by atoms with E-state index in [9.17, 15) is 14.9 Å². The van der Waals surface area contributed by atoms with Crippen LogP contribution in [0.3, 0.4) is 0 Å². The lowest BCUT2D eigenvalue weighted by molar-refractivity contribution is -0.127. The summed E-state index contributed by atoms with van der Waals surface area (Å²) in [6, 6.07) is 13.9. The topological polar surface area (TPSA) is 94.5 Å². The molecule has 0 saturated heterocycles. The van der Waals surface area contributed by atoms with Gasteiger partial charge in [0, 0.05) is 12.1 Å². The second-order valence-corrected chi connectivity index (χ2v) is 6.36. The van der Waals surface area contributed by atoms with Crippen LogP contribution in [-0.2, 0) is 9.59 Å². The molecule has 2 amide bonds. The summed E-state index contributed by atoms with van der Waals surface area (Å²) in [5, 5.41) is 14.9. The highest BCUT2D eigenvalue weighted by Gasteiger charge is 2.31. The quantitative estimate of drug-likeness (QED) is 0.842. The molecule has 27 heavy (non-hydrogen) atoms. The van der Waals surface area contributed by atoms with Crippen molar-refractivity contribution >= 4 is 34.8 Å². The van der Waals surface area contributed by atoms with Crippen molar-refractivity contribution in [2.75, 3.05) is 30.4 Å². The fraction of sp³-hybridized carbons (Fsp3) is 0.211. The molecule has 1 aliphatic heterocycles. The number of rotatable bonds is 4. The van der Waals surface area contributed by atoms with Gasteiger partial charge in [-0.05, 0) is 30.3 Å². The summed E-state index contributed by atoms with van der Waals surface area (Å²) in [6.45, 7) is 0.218. The Hall–Kier alpha value is -3.24. The number of nitrogens with one attached hydrogen (secondary N) is 2. The molecule has 0 radical (unpaired) electrons. The van der Waals surface area contributed by atoms with Crippen molar-refractivity contribution in [3.05, 3.63) is 53.1 Å². The monoisotopic (exact) mass is 384 g/mol. The van der Waals surface area contributed by atoms with Crippen LogP contribution in [0.15, 0.2) is 42.5 Å². The molecule has 2 aromatic rings. The number of likely N-dealkylation sites (N-methyl/N-ethyl adjacent to an activating group) is 1. The van der Waals surface area contributed by atoms with Crippen LogP contribution in [0.5, 0.6) is 5.75 Å². The Morgan fingerprint density at radius 2 is 2.11 bits per heavy atom. The maximum absolute atomic E-state index is 12.6. The molecule has 138 valence electrons. The Bertz CT molecular complexity index is 925. The first-order valence-electron chi connectivity index (χ1n) is 8.23. The van der Waals surface area contributed by atoms with Gasteiger partial charge < -0.3 is 20.3 Å². The fourth-order valence-electron chi connectivity index (χ4n) is 2.83. The van der Waals surface area contributed by atoms with Gasteiger partial charge in [0.25, 0.3) is 5.91 Å². The third-order valence-corrected chi connectivity index (χ3v) is 4.35. The van der Waals surface area contributed by atoms with Crippen LogP contribution in [0, 0.1) is 11.3 Å². The summed E-state index contributed by atoms with van der Waals surface area (Å²) in [7, 11) is 1.53. The molecule has 2 N–H and O–H groups in total. The van der Waals surface area contributed by atoms with Gasteiger partial charge in [-0.15, -0.1) is 0 Å². The van der Waals surface area contributed by atoms with Crippen LogP contribution in [-0.4, -0.2) is 38.1 Å². The highest BCUT2D eigenvalue weighted by Crippen LogP contribution is 2.33. The SMILES string of the molecule is CNC(=O)[C@H]1CN(CC(=O)Nc2cc(Cl)ccc2C#N)c2ccccc2O1. The molecule has 0 fully saturated rings. The van der Waals surface area contributed by atoms with Gasteiger partial charge in [-0.25, -0.2) is 0 Å². The van der Waals surface area contributed by atoms with E-state index < -0.39 is 6.10 Å². The molecule has 0 bridgehead atoms. The molecule has 8 heteroatoms. The number of anilines is 2. The average Bonchev–Trinajstić information content (AvgIpc) is 2.67. The van der Waals surface area contributed by atoms with Crippen molar-refractivity contribution in [3.8, 4) is 11.8 Å². The van der Waals surface area contributed by atoms with Gasteiger partial charge in [-0.3, -0.25) is 9.59 Å². The van der Waals surface area contributed by atoms with Crippen molar-refractivity contribution in [2.24, 2.45) is 0 Å². The van der Waals surface area contributed by atoms with Gasteiger partial charge in [0.15, 0.2) is 6.10 Å². The molecule has 2 aromatic carbocycles. The van der Waals surface area contributed by atoms with Crippen molar-refractivity contribution in [1.29, 1.82) is 5.26 Å². The molecule has 0 aliphatic carbocycles. The van der Waals surface area contributed by atoms with Crippen LogP contribution in [0.2, 0.25) is 5.02 Å². The third-order valence-electron chi connectivity index (χ3n) is 4.11. The standard InChI is InChI=1S/C19H17ClN4O3/c1-22-19(26)17-10-24(15-4-2-3-5-16(15)27-17)11-18(25)23-14-8-13(20)7-6-12(14)9-21/h2-8,17H,10-11H2,1H3,(H,22,26)(H,23,25)/t17-/m1/s1. The van der Waals surface area contributed by atoms with Crippen LogP contribution in [0.4, 0.5) is 11.4 Å². The lowest BCUT2D eigenvalue weighted by Gasteiger charge is -2.35. The minimum Gasteiger partial charge on any atom is -0.477 e. The second kappa shape index (κ2) is 7.98. The second-order valence-electron chi connectivity index (χ2n) is 5.92. The predicted octanol–water partition coefficient (Wildman–Crippen LogP) is 2.16. The van der Waals surface area contributed by atoms with E-state index in [0.717, 1.165) is 5.69 Å². The summed E-state index contributed by atoms with van der Waals surface area (Å²) in [5.41, 5.74) is 1.39. The summed E-state index contributed by atoms with van der Waals surface area (Å²) in [5.74, 6) is -0.0664. The smallest absolute Gasteiger partial charge is 0.262 e. The van der Waals surface area contributed by atoms with Gasteiger partial charge in [0.1, 0.15) is 11.8 Å². The minimum absolute atomic E-state index is 0.00868. The molecule has 3 rings (SSSR count). The van der Waals surface area contributed by atoms with Crippen molar-refractivity contribution < 1.29 is 14.3 Å². The number of carbonyl (C=O) groups excluding carboxylic acids is 2. The molecule has 0 saturated carbocycles. The van der Waals surface area contributed by atoms with E-state index in [-0.39, 0.29) is 24.9 Å². The highest BCUT2D eigenvalue weighted by atomic mass is 35.5. The maximum Gasteiger partial charge on any atom is 0.262 e. The van der Waals surface area contributed by atoms with Crippen molar-refractivity contribution in [3.63, 3.8) is 0 Å². The van der Waals surface area contributed by atoms with Gasteiger partial charge in [0.2, 0.25) is 5.91 Å². The zero-order valence-electron chi connectivity index (χ0n) is 14.5. The fourth-order valence-corrected chi connectivity index (χ4v) is 3.01. The molecule has 1 aliphatic rings. The first-order chi connectivity index (χ1) is 13.0. The van der Waals surface area contributed by atoms with E-state index in [0.29, 0.717) is 22.0 Å². The number of benzene rings is 2. The Morgan fingerprint density at radius 3 is 2.85 bits per heavy atom. The predicted molar refractivity (Wildman–Crippen MR) is 102 cm³/mol. The molecule has 0 unspecified atom stereocenters. The van der Waals surface area contributed by atoms with Gasteiger partial charge in [-0.2, -0.15) is 5.26 Å². The summed E-state index contributed by atoms with van der Waals surface area (Å²) in [4.78, 5) is 26.3. The lowest BCUT2D eigenvalue weighted by Crippen LogP contribution is -2.50. The maximum atomic E-state index is 12.6. The molecular formula is C19H17ClN4O3. The van der Waals surface area contributed by atoms with Crippen LogP contribution in [0.1, 0.15) is 5.56 Å². The van der Waals surface area contributed by atoms with E-state index in [1.54, 1.807) is 29.2 Å². The first kappa shape index (κ1) is 18.5. The molecular weight excluding hydrogens is 368 g/mol. The molecule has 7 nitrogen and oxygen atoms in total. The van der Waals surface area contributed by atoms with Gasteiger partial charge >= 0.3 is 0 Å². The third kappa shape index (κ3) is 4.13. The summed E-state index contributed by atoms with van der Waals surface area (Å²) >= 11 is 5.95.